The van der Waals surface area contributed by atoms with E-state index in [-0.39, 0.29) is 24.0 Å². The number of hydrogen-bond acceptors (Lipinski definition) is 2. The summed E-state index contributed by atoms with van der Waals surface area (Å²) in [5, 5.41) is 4.54. The highest BCUT2D eigenvalue weighted by Crippen LogP contribution is 2.27. The third-order valence-electron chi connectivity index (χ3n) is 2.82. The Hall–Kier alpha value is -0.620. The van der Waals surface area contributed by atoms with E-state index in [0.29, 0.717) is 4.59 Å². The quantitative estimate of drug-likeness (QED) is 0.534. The number of amidine groups is 1. The van der Waals surface area contributed by atoms with Crippen molar-refractivity contribution in [2.75, 3.05) is 13.1 Å². The Morgan fingerprint density at radius 1 is 1.33 bits per heavy atom. The number of benzene rings is 1. The second-order valence-electron chi connectivity index (χ2n) is 3.64. The molecule has 0 aromatic heterocycles. The lowest BCUT2D eigenvalue weighted by Crippen LogP contribution is -3.00. The van der Waals surface area contributed by atoms with Gasteiger partial charge in [0, 0.05) is 12.1 Å². The molecule has 82 valence electrons. The van der Waals surface area contributed by atoms with Gasteiger partial charge in [0.25, 0.3) is 0 Å². The minimum Gasteiger partial charge on any atom is -1.00 e. The van der Waals surface area contributed by atoms with Crippen LogP contribution in [0.25, 0.3) is 0 Å². The van der Waals surface area contributed by atoms with Crippen molar-refractivity contribution in [3.8, 4) is 0 Å². The van der Waals surface area contributed by atoms with Crippen LogP contribution in [-0.2, 0) is 0 Å². The van der Waals surface area contributed by atoms with Crippen LogP contribution in [0.3, 0.4) is 0 Å². The van der Waals surface area contributed by atoms with Crippen molar-refractivity contribution in [3.05, 3.63) is 30.3 Å². The maximum absolute atomic E-state index is 5.76. The van der Waals surface area contributed by atoms with Gasteiger partial charge in [-0.3, -0.25) is 0 Å². The van der Waals surface area contributed by atoms with Gasteiger partial charge in [0.05, 0.1) is 6.42 Å². The standard InChI is InChI=1S/C11H16N3.HI/c1-2-14(9-8-11(12)13-14)10-6-4-3-5-7-10;/h3-7H,2,8-9H2,1H3,(H2,12,13);1H/q+1;/p-1. The highest BCUT2D eigenvalue weighted by molar-refractivity contribution is 5.83. The van der Waals surface area contributed by atoms with Crippen molar-refractivity contribution in [2.45, 2.75) is 13.3 Å². The number of para-hydroxylation sites is 1. The van der Waals surface area contributed by atoms with Crippen LogP contribution >= 0.6 is 0 Å². The van der Waals surface area contributed by atoms with Crippen molar-refractivity contribution in [1.82, 2.24) is 4.59 Å². The van der Waals surface area contributed by atoms with Crippen molar-refractivity contribution < 1.29 is 24.0 Å². The second kappa shape index (κ2) is 4.94. The number of quaternary nitrogens is 1. The van der Waals surface area contributed by atoms with E-state index in [2.05, 4.69) is 36.3 Å². The van der Waals surface area contributed by atoms with E-state index in [1.165, 1.54) is 5.69 Å². The largest absolute Gasteiger partial charge is 1.00 e. The number of nitrogens with zero attached hydrogens (tertiary/aromatic N) is 2. The van der Waals surface area contributed by atoms with E-state index in [4.69, 9.17) is 5.73 Å². The summed E-state index contributed by atoms with van der Waals surface area (Å²) >= 11 is 0. The molecule has 1 aromatic rings. The molecule has 1 unspecified atom stereocenters. The van der Waals surface area contributed by atoms with Crippen LogP contribution in [0.5, 0.6) is 0 Å². The predicted molar refractivity (Wildman–Crippen MR) is 59.9 cm³/mol. The molecule has 2 rings (SSSR count). The first-order valence-electron chi connectivity index (χ1n) is 5.04. The first kappa shape index (κ1) is 12.4. The molecule has 0 spiro atoms. The minimum atomic E-state index is 0. The predicted octanol–water partition coefficient (Wildman–Crippen LogP) is -1.31. The van der Waals surface area contributed by atoms with E-state index < -0.39 is 0 Å². The number of rotatable bonds is 2. The van der Waals surface area contributed by atoms with Crippen LogP contribution in [0.1, 0.15) is 13.3 Å². The van der Waals surface area contributed by atoms with Gasteiger partial charge in [0.1, 0.15) is 13.1 Å². The summed E-state index contributed by atoms with van der Waals surface area (Å²) in [6.07, 6.45) is 0.905. The normalized spacial score (nSPS) is 24.5. The zero-order valence-corrected chi connectivity index (χ0v) is 11.0. The van der Waals surface area contributed by atoms with Gasteiger partial charge in [-0.15, -0.1) is 0 Å². The molecule has 0 radical (unpaired) electrons. The lowest BCUT2D eigenvalue weighted by Gasteiger charge is -2.26. The summed E-state index contributed by atoms with van der Waals surface area (Å²) in [6, 6.07) is 10.4. The summed E-state index contributed by atoms with van der Waals surface area (Å²) in [4.78, 5) is 0. The van der Waals surface area contributed by atoms with E-state index in [0.717, 1.165) is 25.3 Å². The van der Waals surface area contributed by atoms with Gasteiger partial charge in [0.2, 0.25) is 0 Å². The van der Waals surface area contributed by atoms with Gasteiger partial charge in [0.15, 0.2) is 11.5 Å². The number of nitrogens with two attached hydrogens (primary N) is 1. The molecule has 15 heavy (non-hydrogen) atoms. The van der Waals surface area contributed by atoms with Crippen LogP contribution < -0.4 is 34.3 Å². The molecule has 0 aliphatic carbocycles. The molecule has 0 saturated heterocycles. The van der Waals surface area contributed by atoms with Crippen LogP contribution in [0, 0.1) is 0 Å². The summed E-state index contributed by atoms with van der Waals surface area (Å²) in [6.45, 7) is 4.10. The lowest BCUT2D eigenvalue weighted by atomic mass is 10.2. The van der Waals surface area contributed by atoms with Crippen LogP contribution in [0.15, 0.2) is 35.4 Å². The van der Waals surface area contributed by atoms with Crippen LogP contribution in [0.4, 0.5) is 5.69 Å². The molecule has 1 aliphatic heterocycles. The van der Waals surface area contributed by atoms with Crippen molar-refractivity contribution in [1.29, 1.82) is 0 Å². The summed E-state index contributed by atoms with van der Waals surface area (Å²) in [7, 11) is 0. The average Bonchev–Trinajstić information content (AvgIpc) is 2.63. The van der Waals surface area contributed by atoms with Crippen molar-refractivity contribution >= 4 is 11.5 Å². The van der Waals surface area contributed by atoms with Gasteiger partial charge in [-0.2, -0.15) is 4.59 Å². The zero-order valence-electron chi connectivity index (χ0n) is 8.86. The van der Waals surface area contributed by atoms with Gasteiger partial charge in [-0.05, 0) is 6.92 Å². The number of halogens is 1. The Morgan fingerprint density at radius 2 is 2.00 bits per heavy atom. The maximum Gasteiger partial charge on any atom is 0.161 e. The number of hydrogen-bond donors (Lipinski definition) is 1. The molecular weight excluding hydrogens is 301 g/mol. The van der Waals surface area contributed by atoms with Crippen LogP contribution in [-0.4, -0.2) is 18.9 Å². The molecule has 1 aliphatic rings. The zero-order chi connectivity index (χ0) is 10.0. The molecule has 1 heterocycles. The highest BCUT2D eigenvalue weighted by atomic mass is 127. The topological polar surface area (TPSA) is 38.4 Å². The first-order valence-corrected chi connectivity index (χ1v) is 5.04. The monoisotopic (exact) mass is 317 g/mol. The van der Waals surface area contributed by atoms with Crippen molar-refractivity contribution in [3.63, 3.8) is 0 Å². The molecule has 1 aromatic carbocycles. The molecule has 0 amide bonds. The summed E-state index contributed by atoms with van der Waals surface area (Å²) < 4.78 is 0.659. The smallest absolute Gasteiger partial charge is 0.161 e. The van der Waals surface area contributed by atoms with Crippen LogP contribution in [0.2, 0.25) is 0 Å². The Morgan fingerprint density at radius 3 is 2.47 bits per heavy atom. The second-order valence-corrected chi connectivity index (χ2v) is 3.64. The maximum atomic E-state index is 5.76. The molecular formula is C11H16IN3. The molecule has 1 atom stereocenters. The third kappa shape index (κ3) is 2.31. The molecule has 2 N–H and O–H groups in total. The van der Waals surface area contributed by atoms with E-state index in [1.54, 1.807) is 0 Å². The minimum absolute atomic E-state index is 0. The first-order chi connectivity index (χ1) is 6.77. The van der Waals surface area contributed by atoms with Gasteiger partial charge in [-0.25, -0.2) is 0 Å². The average molecular weight is 317 g/mol. The SMILES string of the molecule is CC[N+]1(c2ccccc2)CCC(N)=N1.[I-]. The Bertz CT molecular complexity index is 350. The molecule has 0 fully saturated rings. The lowest BCUT2D eigenvalue weighted by molar-refractivity contribution is -0.00000314. The van der Waals surface area contributed by atoms with Gasteiger partial charge >= 0.3 is 0 Å². The van der Waals surface area contributed by atoms with Gasteiger partial charge < -0.3 is 29.7 Å². The van der Waals surface area contributed by atoms with E-state index in [9.17, 15) is 0 Å². The van der Waals surface area contributed by atoms with Crippen molar-refractivity contribution in [2.24, 2.45) is 10.8 Å². The fourth-order valence-corrected chi connectivity index (χ4v) is 1.95. The molecule has 0 bridgehead atoms. The Balaban J connectivity index is 0.00000112. The Labute approximate surface area is 108 Å². The third-order valence-corrected chi connectivity index (χ3v) is 2.82. The fraction of sp³-hybridized carbons (Fsp3) is 0.364. The summed E-state index contributed by atoms with van der Waals surface area (Å²) in [5.41, 5.74) is 6.99. The molecule has 3 nitrogen and oxygen atoms in total. The van der Waals surface area contributed by atoms with E-state index in [1.807, 2.05) is 6.07 Å². The Kier molecular flexibility index (Phi) is 4.10. The molecule has 0 saturated carbocycles. The fourth-order valence-electron chi connectivity index (χ4n) is 1.95. The summed E-state index contributed by atoms with van der Waals surface area (Å²) in [5.74, 6) is 0.774. The van der Waals surface area contributed by atoms with E-state index >= 15 is 0 Å². The highest BCUT2D eigenvalue weighted by Gasteiger charge is 2.34. The molecule has 4 heteroatoms. The van der Waals surface area contributed by atoms with Gasteiger partial charge in [-0.1, -0.05) is 23.3 Å².